The van der Waals surface area contributed by atoms with E-state index in [-0.39, 0.29) is 24.0 Å². The third-order valence-electron chi connectivity index (χ3n) is 4.49. The van der Waals surface area contributed by atoms with Crippen molar-refractivity contribution in [2.45, 2.75) is 33.2 Å². The number of nitrogens with zero attached hydrogens (tertiary/aromatic N) is 4. The molecule has 1 fully saturated rings. The first kappa shape index (κ1) is 22.8. The fraction of sp³-hybridized carbons (Fsp3) is 0.722. The molecule has 2 heterocycles. The van der Waals surface area contributed by atoms with Crippen LogP contribution < -0.4 is 5.32 Å². The number of nitrogens with one attached hydrogen (secondary N) is 1. The van der Waals surface area contributed by atoms with E-state index in [1.165, 1.54) is 31.6 Å². The number of aliphatic imine (C=N–C) groups is 1. The van der Waals surface area contributed by atoms with Crippen LogP contribution in [0.3, 0.4) is 0 Å². The summed E-state index contributed by atoms with van der Waals surface area (Å²) in [5.41, 5.74) is 1.26. The summed E-state index contributed by atoms with van der Waals surface area (Å²) >= 11 is 3.54. The lowest BCUT2D eigenvalue weighted by molar-refractivity contribution is 0.291. The molecule has 25 heavy (non-hydrogen) atoms. The van der Waals surface area contributed by atoms with Crippen molar-refractivity contribution in [3.63, 3.8) is 0 Å². The van der Waals surface area contributed by atoms with Crippen LogP contribution >= 0.6 is 39.9 Å². The molecule has 1 aliphatic rings. The van der Waals surface area contributed by atoms with E-state index in [1.807, 2.05) is 0 Å². The molecule has 1 aromatic rings. The highest BCUT2D eigenvalue weighted by molar-refractivity contribution is 14.0. The molecular weight excluding hydrogens is 493 g/mol. The maximum absolute atomic E-state index is 4.87. The highest BCUT2D eigenvalue weighted by Gasteiger charge is 2.15. The van der Waals surface area contributed by atoms with Crippen LogP contribution in [0.5, 0.6) is 0 Å². The minimum absolute atomic E-state index is 0. The zero-order valence-corrected chi connectivity index (χ0v) is 19.9. The van der Waals surface area contributed by atoms with Crippen molar-refractivity contribution >= 4 is 45.9 Å². The quantitative estimate of drug-likeness (QED) is 0.336. The molecule has 5 nitrogen and oxygen atoms in total. The van der Waals surface area contributed by atoms with E-state index < -0.39 is 0 Å². The summed E-state index contributed by atoms with van der Waals surface area (Å²) < 4.78 is 3.27. The van der Waals surface area contributed by atoms with Gasteiger partial charge in [-0.15, -0.1) is 24.0 Å². The Hall–Kier alpha value is -0.280. The SMILES string of the molecule is CCNC(=NCC(C)CN1CCCC1)N(C)Cc1cc(Br)cn1C.I. The van der Waals surface area contributed by atoms with Crippen molar-refractivity contribution in [1.82, 2.24) is 19.7 Å². The normalized spacial score (nSPS) is 16.6. The standard InChI is InChI=1S/C18H32BrN5.HI/c1-5-20-18(21-11-15(2)12-24-8-6-7-9-24)23(4)14-17-10-16(19)13-22(17)3;/h10,13,15H,5-9,11-12,14H2,1-4H3,(H,20,21);1H. The minimum atomic E-state index is 0. The van der Waals surface area contributed by atoms with Crippen LogP contribution in [0, 0.1) is 5.92 Å². The summed E-state index contributed by atoms with van der Waals surface area (Å²) in [6.07, 6.45) is 4.80. The van der Waals surface area contributed by atoms with Gasteiger partial charge in [0.25, 0.3) is 0 Å². The topological polar surface area (TPSA) is 35.8 Å². The van der Waals surface area contributed by atoms with Crippen molar-refractivity contribution in [2.75, 3.05) is 39.8 Å². The van der Waals surface area contributed by atoms with Crippen LogP contribution in [0.25, 0.3) is 0 Å². The molecule has 2 rings (SSSR count). The molecule has 1 atom stereocenters. The van der Waals surface area contributed by atoms with E-state index in [9.17, 15) is 0 Å². The number of aryl methyl sites for hydroxylation is 1. The van der Waals surface area contributed by atoms with Crippen molar-refractivity contribution in [2.24, 2.45) is 18.0 Å². The predicted octanol–water partition coefficient (Wildman–Crippen LogP) is 3.53. The molecule has 0 bridgehead atoms. The molecule has 0 aromatic carbocycles. The highest BCUT2D eigenvalue weighted by Crippen LogP contribution is 2.15. The monoisotopic (exact) mass is 525 g/mol. The maximum atomic E-state index is 4.87. The van der Waals surface area contributed by atoms with E-state index in [2.05, 4.69) is 75.8 Å². The van der Waals surface area contributed by atoms with Gasteiger partial charge in [-0.05, 0) is 60.8 Å². The smallest absolute Gasteiger partial charge is 0.194 e. The Bertz CT molecular complexity index is 540. The van der Waals surface area contributed by atoms with Gasteiger partial charge in [0.1, 0.15) is 0 Å². The van der Waals surface area contributed by atoms with Crippen molar-refractivity contribution in [3.8, 4) is 0 Å². The predicted molar refractivity (Wildman–Crippen MR) is 121 cm³/mol. The number of halogens is 2. The Morgan fingerprint density at radius 2 is 2.08 bits per heavy atom. The first-order chi connectivity index (χ1) is 11.5. The number of hydrogen-bond acceptors (Lipinski definition) is 2. The fourth-order valence-electron chi connectivity index (χ4n) is 3.22. The fourth-order valence-corrected chi connectivity index (χ4v) is 3.79. The van der Waals surface area contributed by atoms with Gasteiger partial charge in [-0.1, -0.05) is 6.92 Å². The molecule has 1 unspecified atom stereocenters. The van der Waals surface area contributed by atoms with E-state index in [0.717, 1.165) is 36.6 Å². The van der Waals surface area contributed by atoms with Crippen LogP contribution in [0.2, 0.25) is 0 Å². The zero-order valence-electron chi connectivity index (χ0n) is 16.0. The maximum Gasteiger partial charge on any atom is 0.194 e. The third-order valence-corrected chi connectivity index (χ3v) is 4.93. The molecule has 7 heteroatoms. The molecule has 1 aliphatic heterocycles. The lowest BCUT2D eigenvalue weighted by Crippen LogP contribution is -2.39. The Morgan fingerprint density at radius 3 is 2.64 bits per heavy atom. The van der Waals surface area contributed by atoms with E-state index in [1.54, 1.807) is 0 Å². The van der Waals surface area contributed by atoms with Crippen LogP contribution in [0.15, 0.2) is 21.7 Å². The van der Waals surface area contributed by atoms with E-state index >= 15 is 0 Å². The van der Waals surface area contributed by atoms with Crippen LogP contribution in [0.4, 0.5) is 0 Å². The number of likely N-dealkylation sites (tertiary alicyclic amines) is 1. The number of guanidine groups is 1. The van der Waals surface area contributed by atoms with Gasteiger partial charge in [0.15, 0.2) is 5.96 Å². The van der Waals surface area contributed by atoms with E-state index in [4.69, 9.17) is 4.99 Å². The van der Waals surface area contributed by atoms with Gasteiger partial charge in [0, 0.05) is 50.1 Å². The second kappa shape index (κ2) is 11.4. The van der Waals surface area contributed by atoms with Crippen LogP contribution in [-0.2, 0) is 13.6 Å². The number of hydrogen-bond donors (Lipinski definition) is 1. The molecule has 0 spiro atoms. The van der Waals surface area contributed by atoms with Gasteiger partial charge in [0.2, 0.25) is 0 Å². The summed E-state index contributed by atoms with van der Waals surface area (Å²) in [4.78, 5) is 9.64. The third kappa shape index (κ3) is 7.46. The van der Waals surface area contributed by atoms with Gasteiger partial charge in [-0.2, -0.15) is 0 Å². The van der Waals surface area contributed by atoms with Crippen molar-refractivity contribution in [3.05, 3.63) is 22.4 Å². The average molecular weight is 526 g/mol. The number of aromatic nitrogens is 1. The first-order valence-corrected chi connectivity index (χ1v) is 9.81. The molecular formula is C18H33BrIN5. The summed E-state index contributed by atoms with van der Waals surface area (Å²) in [5, 5.41) is 3.42. The van der Waals surface area contributed by atoms with Gasteiger partial charge in [0.05, 0.1) is 6.54 Å². The van der Waals surface area contributed by atoms with Gasteiger partial charge in [-0.3, -0.25) is 4.99 Å². The lowest BCUT2D eigenvalue weighted by atomic mass is 10.2. The molecule has 1 N–H and O–H groups in total. The summed E-state index contributed by atoms with van der Waals surface area (Å²) in [6, 6.07) is 2.16. The average Bonchev–Trinajstić information content (AvgIpc) is 3.13. The summed E-state index contributed by atoms with van der Waals surface area (Å²) in [5.74, 6) is 1.58. The first-order valence-electron chi connectivity index (χ1n) is 9.02. The van der Waals surface area contributed by atoms with Gasteiger partial charge in [-0.25, -0.2) is 0 Å². The second-order valence-electron chi connectivity index (χ2n) is 6.92. The van der Waals surface area contributed by atoms with Gasteiger partial charge < -0.3 is 19.7 Å². The molecule has 0 radical (unpaired) electrons. The largest absolute Gasteiger partial charge is 0.357 e. The second-order valence-corrected chi connectivity index (χ2v) is 7.84. The zero-order chi connectivity index (χ0) is 17.5. The molecule has 144 valence electrons. The van der Waals surface area contributed by atoms with E-state index in [0.29, 0.717) is 5.92 Å². The van der Waals surface area contributed by atoms with Crippen LogP contribution in [0.1, 0.15) is 32.4 Å². The van der Waals surface area contributed by atoms with Crippen molar-refractivity contribution < 1.29 is 0 Å². The molecule has 0 aliphatic carbocycles. The van der Waals surface area contributed by atoms with Crippen LogP contribution in [-0.4, -0.2) is 60.1 Å². The molecule has 1 saturated heterocycles. The Morgan fingerprint density at radius 1 is 1.40 bits per heavy atom. The Balaban J connectivity index is 0.00000312. The van der Waals surface area contributed by atoms with Gasteiger partial charge >= 0.3 is 0 Å². The molecule has 1 aromatic heterocycles. The summed E-state index contributed by atoms with van der Waals surface area (Å²) in [6.45, 7) is 10.7. The van der Waals surface area contributed by atoms with Crippen molar-refractivity contribution in [1.29, 1.82) is 0 Å². The molecule has 0 amide bonds. The number of rotatable bonds is 7. The lowest BCUT2D eigenvalue weighted by Gasteiger charge is -2.24. The summed E-state index contributed by atoms with van der Waals surface area (Å²) in [7, 11) is 4.18. The molecule has 0 saturated carbocycles. The Labute approximate surface area is 178 Å². The minimum Gasteiger partial charge on any atom is -0.357 e. The Kier molecular flexibility index (Phi) is 10.4. The highest BCUT2D eigenvalue weighted by atomic mass is 127.